The van der Waals surface area contributed by atoms with Crippen LogP contribution in [0, 0.1) is 79.8 Å². The van der Waals surface area contributed by atoms with E-state index in [9.17, 15) is 44.4 Å². The van der Waals surface area contributed by atoms with E-state index in [0.717, 1.165) is 107 Å². The largest absolute Gasteiger partial charge is 0.478 e. The molecule has 0 bridgehead atoms. The van der Waals surface area contributed by atoms with Gasteiger partial charge in [-0.1, -0.05) is 93.5 Å². The van der Waals surface area contributed by atoms with Crippen molar-refractivity contribution in [1.29, 1.82) is 0 Å². The molecule has 5 unspecified atom stereocenters. The number of Topliss-reactive ketones (excluding diaryl/α,β-unsaturated/α-hetero) is 1. The summed E-state index contributed by atoms with van der Waals surface area (Å²) < 4.78 is 11.8. The second-order valence-electron chi connectivity index (χ2n) is 31.7. The lowest BCUT2D eigenvalue weighted by Crippen LogP contribution is -2.66. The van der Waals surface area contributed by atoms with Crippen molar-refractivity contribution in [2.45, 2.75) is 245 Å². The maximum atomic E-state index is 12.8. The first-order chi connectivity index (χ1) is 43.7. The molecule has 8 aliphatic rings. The summed E-state index contributed by atoms with van der Waals surface area (Å²) in [6, 6.07) is 0.428. The fourth-order valence-electron chi connectivity index (χ4n) is 21.7. The van der Waals surface area contributed by atoms with E-state index >= 15 is 0 Å². The first kappa shape index (κ1) is 83.5. The smallest absolute Gasteiger partial charge is 0.331 e. The number of rotatable bonds is 24. The van der Waals surface area contributed by atoms with Crippen LogP contribution in [0.4, 0.5) is 0 Å². The standard InChI is InChI=1S/C37H64N4O5.C31H46O6.C6H18N4.2CH4/c1-23(2)9-8-10-26(34(44)45)32-28-21-30(43)33-35(5)13-12-29(40-17-20-41(18-15-38)19-16-39)24(3)27(35)11-14-36(33,6)37(28,7)22-31(32)46-25(4)42;1-17(2)9-8-10-20(28(35)36)26-22-15-24(34)27-29(5)13-12-23(33)18(3)21(29)11-14-30(27,6)31(22,7)16-25(26)37-19(4)32;7-1-4-10(5-2-8)6-3-9;;/h9,24,27-31,33,40,43H,8,10-22,38-39H2,1-7H3,(H,44,45);9,18,21-22,24-25,27,34H,8,10-16H2,1-7H3,(H,35,36);1-9H2;2*1H4/b32-26-;26-20-;;;/t24-,27?,28?,29?,30+,31-,33-,35-,36-,37-;18-,21?,22?,24+,25-,27-,29-,30-,31-;;;/m00.../s1. The number of nitrogens with two attached hydrogens (primary N) is 5. The van der Waals surface area contributed by atoms with Crippen molar-refractivity contribution >= 4 is 29.7 Å². The van der Waals surface area contributed by atoms with Crippen molar-refractivity contribution in [3.63, 3.8) is 0 Å². The maximum Gasteiger partial charge on any atom is 0.331 e. The van der Waals surface area contributed by atoms with Crippen molar-refractivity contribution in [3.8, 4) is 0 Å². The van der Waals surface area contributed by atoms with Gasteiger partial charge in [-0.15, -0.1) is 0 Å². The Morgan fingerprint density at radius 2 is 0.937 bits per heavy atom. The molecule has 19 nitrogen and oxygen atoms in total. The average Bonchev–Trinajstić information content (AvgIpc) is 1.66. The van der Waals surface area contributed by atoms with Gasteiger partial charge in [0.05, 0.1) is 12.2 Å². The number of carbonyl (C=O) groups excluding carboxylic acids is 3. The summed E-state index contributed by atoms with van der Waals surface area (Å²) in [4.78, 5) is 67.1. The molecule has 546 valence electrons. The summed E-state index contributed by atoms with van der Waals surface area (Å²) in [5, 5.41) is 48.8. The minimum atomic E-state index is -0.962. The second kappa shape index (κ2) is 34.9. The van der Waals surface area contributed by atoms with Crippen molar-refractivity contribution in [3.05, 3.63) is 45.6 Å². The molecule has 0 aromatic rings. The molecule has 8 aliphatic carbocycles. The first-order valence-corrected chi connectivity index (χ1v) is 35.8. The number of carbonyl (C=O) groups is 5. The molecule has 8 rings (SSSR count). The molecular formula is C76H136N8O11. The fourth-order valence-corrected chi connectivity index (χ4v) is 21.7. The topological polar surface area (TPSA) is 333 Å². The van der Waals surface area contributed by atoms with E-state index in [1.165, 1.54) is 13.8 Å². The van der Waals surface area contributed by atoms with Gasteiger partial charge in [0.1, 0.15) is 18.0 Å². The van der Waals surface area contributed by atoms with Crippen molar-refractivity contribution in [2.24, 2.45) is 109 Å². The molecular weight excluding hydrogens is 1200 g/mol. The van der Waals surface area contributed by atoms with Crippen LogP contribution < -0.4 is 34.0 Å². The van der Waals surface area contributed by atoms with Gasteiger partial charge in [0.2, 0.25) is 0 Å². The molecule has 0 heterocycles. The summed E-state index contributed by atoms with van der Waals surface area (Å²) in [7, 11) is 0. The van der Waals surface area contributed by atoms with Gasteiger partial charge < -0.3 is 63.9 Å². The van der Waals surface area contributed by atoms with Crippen LogP contribution in [0.2, 0.25) is 0 Å². The third-order valence-corrected chi connectivity index (χ3v) is 26.0. The number of ether oxygens (including phenoxy) is 2. The molecule has 8 fully saturated rings. The zero-order valence-electron chi connectivity index (χ0n) is 59.9. The Hall–Kier alpha value is -3.89. The zero-order chi connectivity index (χ0) is 69.3. The number of carboxylic acid groups (broad SMARTS) is 2. The second-order valence-corrected chi connectivity index (χ2v) is 31.7. The highest BCUT2D eigenvalue weighted by molar-refractivity contribution is 5.89. The lowest BCUT2D eigenvalue weighted by molar-refractivity contribution is -0.227. The minimum absolute atomic E-state index is 0. The van der Waals surface area contributed by atoms with Crippen LogP contribution in [0.3, 0.4) is 0 Å². The SMILES string of the molecule is C.C.CC(=O)O[C@H]1C[C@@]2(C)C(C[C@@H](O)[C@H]3[C@@]4(C)CCC(=O)[C@@H](C)C4CC[C@@]32C)/C1=C(\CCC=C(C)C)C(=O)O.CC(=O)O[C@H]1C[C@@]2(C)C(C[C@@H](O)[C@H]3[C@@]4(C)CCC(NCCN(CCN)CCN)[C@@H](C)C4CC[C@@]32C)/C1=C(\CCC=C(C)C)C(=O)O.NCCN(CCN)CCN. The highest BCUT2D eigenvalue weighted by atomic mass is 16.5. The van der Waals surface area contributed by atoms with E-state index in [0.29, 0.717) is 131 Å². The van der Waals surface area contributed by atoms with E-state index in [1.54, 1.807) is 0 Å². The zero-order valence-corrected chi connectivity index (χ0v) is 59.9. The molecule has 8 saturated carbocycles. The number of allylic oxidation sites excluding steroid dienone is 4. The number of nitrogens with zero attached hydrogens (tertiary/aromatic N) is 2. The Kier molecular flexibility index (Phi) is 30.7. The van der Waals surface area contributed by atoms with E-state index in [-0.39, 0.29) is 88.8 Å². The van der Waals surface area contributed by atoms with Gasteiger partial charge in [0.15, 0.2) is 0 Å². The molecule has 0 radical (unpaired) electrons. The van der Waals surface area contributed by atoms with E-state index in [1.807, 2.05) is 33.8 Å². The van der Waals surface area contributed by atoms with Gasteiger partial charge in [-0.2, -0.15) is 0 Å². The van der Waals surface area contributed by atoms with Gasteiger partial charge in [-0.25, -0.2) is 9.59 Å². The normalized spacial score (nSPS) is 37.6. The number of aliphatic hydroxyl groups is 2. The van der Waals surface area contributed by atoms with Gasteiger partial charge in [0, 0.05) is 122 Å². The van der Waals surface area contributed by atoms with Crippen LogP contribution in [-0.2, 0) is 33.4 Å². The number of aliphatic hydroxyl groups excluding tert-OH is 2. The lowest BCUT2D eigenvalue weighted by atomic mass is 9.36. The van der Waals surface area contributed by atoms with E-state index in [4.69, 9.17) is 38.1 Å². The highest BCUT2D eigenvalue weighted by Crippen LogP contribution is 2.76. The van der Waals surface area contributed by atoms with Crippen molar-refractivity contribution < 1.29 is 53.9 Å². The Bertz CT molecular complexity index is 2710. The van der Waals surface area contributed by atoms with Crippen LogP contribution in [0.15, 0.2) is 45.6 Å². The number of nitrogens with one attached hydrogen (secondary N) is 1. The van der Waals surface area contributed by atoms with Crippen LogP contribution >= 0.6 is 0 Å². The molecule has 15 N–H and O–H groups in total. The molecule has 0 aromatic carbocycles. The number of carboxylic acids is 2. The monoisotopic (exact) mass is 1340 g/mol. The summed E-state index contributed by atoms with van der Waals surface area (Å²) in [5.41, 5.74) is 30.9. The van der Waals surface area contributed by atoms with Crippen LogP contribution in [0.25, 0.3) is 0 Å². The van der Waals surface area contributed by atoms with Crippen LogP contribution in [0.5, 0.6) is 0 Å². The first-order valence-electron chi connectivity index (χ1n) is 35.8. The number of hydrogen-bond acceptors (Lipinski definition) is 17. The van der Waals surface area contributed by atoms with Gasteiger partial charge in [-0.3, -0.25) is 24.2 Å². The third-order valence-electron chi connectivity index (χ3n) is 26.0. The maximum absolute atomic E-state index is 12.8. The Labute approximate surface area is 573 Å². The summed E-state index contributed by atoms with van der Waals surface area (Å²) >= 11 is 0. The summed E-state index contributed by atoms with van der Waals surface area (Å²) in [5.74, 6) is -1.37. The number of hydrogen-bond donors (Lipinski definition) is 10. The predicted molar refractivity (Wildman–Crippen MR) is 382 cm³/mol. The van der Waals surface area contributed by atoms with Crippen LogP contribution in [0.1, 0.15) is 215 Å². The lowest BCUT2D eigenvalue weighted by Gasteiger charge is -2.69. The van der Waals surface area contributed by atoms with Gasteiger partial charge in [-0.05, 0) is 209 Å². The molecule has 0 saturated heterocycles. The molecule has 0 amide bonds. The van der Waals surface area contributed by atoms with E-state index < -0.39 is 42.3 Å². The Balaban J connectivity index is 0.000000352. The molecule has 0 aromatic heterocycles. The summed E-state index contributed by atoms with van der Waals surface area (Å²) in [6.07, 6.45) is 13.2. The Morgan fingerprint density at radius 1 is 0.558 bits per heavy atom. The van der Waals surface area contributed by atoms with Gasteiger partial charge >= 0.3 is 23.9 Å². The number of ketones is 1. The van der Waals surface area contributed by atoms with Crippen LogP contribution in [-0.4, -0.2) is 169 Å². The Morgan fingerprint density at radius 3 is 1.31 bits per heavy atom. The van der Waals surface area contributed by atoms with Gasteiger partial charge in [0.25, 0.3) is 0 Å². The number of aliphatic carboxylic acids is 2. The molecule has 19 atom stereocenters. The molecule has 19 heteroatoms. The molecule has 0 aliphatic heterocycles. The molecule has 0 spiro atoms. The average molecular weight is 1340 g/mol. The van der Waals surface area contributed by atoms with Crippen molar-refractivity contribution in [1.82, 2.24) is 15.1 Å². The molecule has 95 heavy (non-hydrogen) atoms. The number of fused-ring (bicyclic) bond motifs is 10. The highest BCUT2D eigenvalue weighted by Gasteiger charge is 2.73. The fraction of sp³-hybridized carbons (Fsp3) is 0.829. The predicted octanol–water partition coefficient (Wildman–Crippen LogP) is 9.79. The number of esters is 2. The summed E-state index contributed by atoms with van der Waals surface area (Å²) in [6.45, 7) is 38.8. The van der Waals surface area contributed by atoms with Crippen molar-refractivity contribution in [2.75, 3.05) is 78.5 Å². The third kappa shape index (κ3) is 17.3. The minimum Gasteiger partial charge on any atom is -0.478 e. The van der Waals surface area contributed by atoms with E-state index in [2.05, 4.69) is 76.6 Å². The quantitative estimate of drug-likeness (QED) is 0.0244.